The van der Waals surface area contributed by atoms with E-state index in [1.165, 1.54) is 18.7 Å². The molecule has 0 bridgehead atoms. The van der Waals surface area contributed by atoms with Gasteiger partial charge in [-0.25, -0.2) is 0 Å². The number of amides is 3. The fourth-order valence-electron chi connectivity index (χ4n) is 1.90. The van der Waals surface area contributed by atoms with Crippen molar-refractivity contribution in [3.05, 3.63) is 0 Å². The maximum atomic E-state index is 12.5. The fourth-order valence-corrected chi connectivity index (χ4v) is 2.54. The number of aliphatic carboxylic acids is 2. The van der Waals surface area contributed by atoms with Crippen LogP contribution < -0.4 is 21.7 Å². The Kier molecular flexibility index (Phi) is 12.3. The number of carboxylic acid groups (broad SMARTS) is 2. The first-order valence-electron chi connectivity index (χ1n) is 8.24. The molecule has 0 saturated heterocycles. The second-order valence-electron chi connectivity index (χ2n) is 5.86. The van der Waals surface area contributed by atoms with Crippen molar-refractivity contribution in [2.75, 3.05) is 17.8 Å². The minimum Gasteiger partial charge on any atom is -0.481 e. The van der Waals surface area contributed by atoms with Gasteiger partial charge in [-0.1, -0.05) is 0 Å². The number of nitrogens with one attached hydrogen (secondary N) is 3. The highest BCUT2D eigenvalue weighted by atomic mass is 32.2. The van der Waals surface area contributed by atoms with Gasteiger partial charge in [0, 0.05) is 5.75 Å². The lowest BCUT2D eigenvalue weighted by Gasteiger charge is -2.23. The van der Waals surface area contributed by atoms with E-state index in [9.17, 15) is 24.0 Å². The summed E-state index contributed by atoms with van der Waals surface area (Å²) in [6.07, 6.45) is 1.23. The first-order valence-corrected chi connectivity index (χ1v) is 10.3. The van der Waals surface area contributed by atoms with Crippen molar-refractivity contribution < 1.29 is 34.2 Å². The van der Waals surface area contributed by atoms with E-state index < -0.39 is 60.2 Å². The minimum absolute atomic E-state index is 0.0148. The van der Waals surface area contributed by atoms with Crippen LogP contribution in [-0.2, 0) is 24.0 Å². The summed E-state index contributed by atoms with van der Waals surface area (Å²) < 4.78 is 0. The Morgan fingerprint density at radius 2 is 1.54 bits per heavy atom. The summed E-state index contributed by atoms with van der Waals surface area (Å²) in [6.45, 7) is 1.26. The number of thioether (sulfide) groups is 1. The molecule has 160 valence electrons. The Morgan fingerprint density at radius 1 is 1.00 bits per heavy atom. The highest BCUT2D eigenvalue weighted by Crippen LogP contribution is 2.04. The first kappa shape index (κ1) is 26.0. The number of thiol groups is 1. The van der Waals surface area contributed by atoms with Gasteiger partial charge >= 0.3 is 11.9 Å². The highest BCUT2D eigenvalue weighted by molar-refractivity contribution is 7.98. The molecule has 0 aliphatic carbocycles. The number of carbonyl (C=O) groups excluding carboxylic acids is 3. The Labute approximate surface area is 172 Å². The zero-order chi connectivity index (χ0) is 21.9. The highest BCUT2D eigenvalue weighted by Gasteiger charge is 2.30. The predicted octanol–water partition coefficient (Wildman–Crippen LogP) is -1.97. The second kappa shape index (κ2) is 13.2. The molecule has 0 aliphatic rings. The van der Waals surface area contributed by atoms with Crippen LogP contribution in [0.1, 0.15) is 19.8 Å². The molecule has 13 heteroatoms. The molecule has 0 aromatic carbocycles. The number of nitrogens with two attached hydrogens (primary N) is 1. The molecule has 0 aliphatic heterocycles. The van der Waals surface area contributed by atoms with Gasteiger partial charge in [0.2, 0.25) is 17.7 Å². The number of carbonyl (C=O) groups is 5. The molecule has 0 radical (unpaired) electrons. The Bertz CT molecular complexity index is 591. The smallest absolute Gasteiger partial charge is 0.325 e. The lowest BCUT2D eigenvalue weighted by Crippen LogP contribution is -2.57. The SMILES string of the molecule is CSCCC(NC(=O)C(CC(=O)O)NC(=O)C(N)CS)C(=O)NC(C)C(=O)O. The van der Waals surface area contributed by atoms with Gasteiger partial charge in [-0.3, -0.25) is 24.0 Å². The van der Waals surface area contributed by atoms with E-state index in [1.807, 2.05) is 0 Å². The third kappa shape index (κ3) is 9.80. The molecule has 0 aromatic heterocycles. The molecule has 0 rings (SSSR count). The van der Waals surface area contributed by atoms with Gasteiger partial charge in [0.1, 0.15) is 18.1 Å². The topological polar surface area (TPSA) is 188 Å². The predicted molar refractivity (Wildman–Crippen MR) is 106 cm³/mol. The number of rotatable bonds is 13. The third-order valence-electron chi connectivity index (χ3n) is 3.52. The molecule has 11 nitrogen and oxygen atoms in total. The quantitative estimate of drug-likeness (QED) is 0.160. The van der Waals surface area contributed by atoms with Gasteiger partial charge in [-0.15, -0.1) is 0 Å². The zero-order valence-electron chi connectivity index (χ0n) is 15.5. The maximum Gasteiger partial charge on any atom is 0.325 e. The van der Waals surface area contributed by atoms with Crippen LogP contribution >= 0.6 is 24.4 Å². The molecule has 0 fully saturated rings. The van der Waals surface area contributed by atoms with E-state index in [0.717, 1.165) is 0 Å². The molecular formula is C15H26N4O7S2. The normalized spacial score (nSPS) is 14.9. The van der Waals surface area contributed by atoms with Crippen LogP contribution in [0.25, 0.3) is 0 Å². The second-order valence-corrected chi connectivity index (χ2v) is 7.21. The van der Waals surface area contributed by atoms with Gasteiger partial charge in [0.15, 0.2) is 0 Å². The van der Waals surface area contributed by atoms with Crippen molar-refractivity contribution >= 4 is 54.1 Å². The van der Waals surface area contributed by atoms with E-state index in [4.69, 9.17) is 15.9 Å². The molecule has 0 saturated carbocycles. The van der Waals surface area contributed by atoms with E-state index in [-0.39, 0.29) is 12.2 Å². The number of carboxylic acids is 2. The first-order chi connectivity index (χ1) is 13.0. The summed E-state index contributed by atoms with van der Waals surface area (Å²) in [5.74, 6) is -4.53. The molecule has 0 heterocycles. The van der Waals surface area contributed by atoms with Crippen molar-refractivity contribution in [1.29, 1.82) is 0 Å². The summed E-state index contributed by atoms with van der Waals surface area (Å²) in [5.41, 5.74) is 5.50. The number of hydrogen-bond donors (Lipinski definition) is 7. The van der Waals surface area contributed by atoms with Crippen LogP contribution in [0.5, 0.6) is 0 Å². The van der Waals surface area contributed by atoms with E-state index in [2.05, 4.69) is 28.6 Å². The van der Waals surface area contributed by atoms with E-state index in [1.54, 1.807) is 6.26 Å². The summed E-state index contributed by atoms with van der Waals surface area (Å²) in [6, 6.07) is -4.78. The Morgan fingerprint density at radius 3 is 2.00 bits per heavy atom. The standard InChI is InChI=1S/C15H26N4O7S2/c1-7(15(25)26)17-13(23)9(3-4-28-2)18-14(24)10(5-11(20)21)19-12(22)8(16)6-27/h7-10,27H,3-6,16H2,1-2H3,(H,17,23)(H,18,24)(H,19,22)(H,20,21)(H,25,26). The summed E-state index contributed by atoms with van der Waals surface area (Å²) >= 11 is 5.26. The van der Waals surface area contributed by atoms with Crippen LogP contribution in [0, 0.1) is 0 Å². The van der Waals surface area contributed by atoms with Crippen LogP contribution in [-0.4, -0.2) is 81.8 Å². The summed E-state index contributed by atoms with van der Waals surface area (Å²) in [4.78, 5) is 58.6. The third-order valence-corrected chi connectivity index (χ3v) is 4.56. The Balaban J connectivity index is 5.26. The monoisotopic (exact) mass is 438 g/mol. The van der Waals surface area contributed by atoms with Gasteiger partial charge in [0.05, 0.1) is 12.5 Å². The maximum absolute atomic E-state index is 12.5. The zero-order valence-corrected chi connectivity index (χ0v) is 17.2. The molecular weight excluding hydrogens is 412 g/mol. The molecule has 0 spiro atoms. The molecule has 7 N–H and O–H groups in total. The molecule has 28 heavy (non-hydrogen) atoms. The average molecular weight is 439 g/mol. The molecule has 4 unspecified atom stereocenters. The fraction of sp³-hybridized carbons (Fsp3) is 0.667. The van der Waals surface area contributed by atoms with Crippen molar-refractivity contribution in [3.8, 4) is 0 Å². The Hall–Kier alpha value is -1.99. The van der Waals surface area contributed by atoms with Crippen LogP contribution in [0.15, 0.2) is 0 Å². The lowest BCUT2D eigenvalue weighted by molar-refractivity contribution is -0.143. The van der Waals surface area contributed by atoms with Crippen LogP contribution in [0.2, 0.25) is 0 Å². The summed E-state index contributed by atoms with van der Waals surface area (Å²) in [7, 11) is 0. The van der Waals surface area contributed by atoms with Crippen LogP contribution in [0.3, 0.4) is 0 Å². The van der Waals surface area contributed by atoms with E-state index >= 15 is 0 Å². The molecule has 4 atom stereocenters. The van der Waals surface area contributed by atoms with Crippen molar-refractivity contribution in [1.82, 2.24) is 16.0 Å². The minimum atomic E-state index is -1.46. The van der Waals surface area contributed by atoms with Crippen molar-refractivity contribution in [2.45, 2.75) is 43.9 Å². The largest absolute Gasteiger partial charge is 0.481 e. The van der Waals surface area contributed by atoms with Crippen molar-refractivity contribution in [2.24, 2.45) is 5.73 Å². The van der Waals surface area contributed by atoms with Gasteiger partial charge < -0.3 is 31.9 Å². The molecule has 0 aromatic rings. The van der Waals surface area contributed by atoms with Gasteiger partial charge in [0.25, 0.3) is 0 Å². The van der Waals surface area contributed by atoms with Gasteiger partial charge in [-0.05, 0) is 25.4 Å². The number of hydrogen-bond acceptors (Lipinski definition) is 8. The lowest BCUT2D eigenvalue weighted by atomic mass is 10.1. The van der Waals surface area contributed by atoms with E-state index in [0.29, 0.717) is 5.75 Å². The average Bonchev–Trinajstić information content (AvgIpc) is 2.62. The molecule has 3 amide bonds. The summed E-state index contributed by atoms with van der Waals surface area (Å²) in [5, 5.41) is 24.7. The van der Waals surface area contributed by atoms with Crippen LogP contribution in [0.4, 0.5) is 0 Å². The van der Waals surface area contributed by atoms with Crippen molar-refractivity contribution in [3.63, 3.8) is 0 Å². The van der Waals surface area contributed by atoms with Gasteiger partial charge in [-0.2, -0.15) is 24.4 Å².